The first kappa shape index (κ1) is 15.7. The topological polar surface area (TPSA) is 46.6 Å². The minimum Gasteiger partial charge on any atom is -0.465 e. The molecule has 4 nitrogen and oxygen atoms in total. The van der Waals surface area contributed by atoms with Crippen molar-refractivity contribution in [3.05, 3.63) is 12.2 Å². The van der Waals surface area contributed by atoms with E-state index in [-0.39, 0.29) is 23.7 Å². The fraction of sp³-hybridized carbons (Fsp3) is 0.733. The zero-order chi connectivity index (χ0) is 14.4. The molecule has 19 heavy (non-hydrogen) atoms. The predicted octanol–water partition coefficient (Wildman–Crippen LogP) is 2.39. The molecule has 0 aromatic rings. The number of carbonyl (C=O) groups excluding carboxylic acids is 2. The minimum absolute atomic E-state index is 0.0312. The summed E-state index contributed by atoms with van der Waals surface area (Å²) in [6.45, 7) is 6.12. The monoisotopic (exact) mass is 267 g/mol. The van der Waals surface area contributed by atoms with Crippen molar-refractivity contribution >= 4 is 11.9 Å². The first-order chi connectivity index (χ1) is 8.91. The summed E-state index contributed by atoms with van der Waals surface area (Å²) in [5.74, 6) is 0.108. The Labute approximate surface area is 115 Å². The molecule has 0 radical (unpaired) electrons. The summed E-state index contributed by atoms with van der Waals surface area (Å²) in [5.41, 5.74) is 1.02. The van der Waals surface area contributed by atoms with Crippen molar-refractivity contribution in [2.24, 2.45) is 11.8 Å². The van der Waals surface area contributed by atoms with Crippen LogP contribution < -0.4 is 0 Å². The number of rotatable bonds is 5. The summed E-state index contributed by atoms with van der Waals surface area (Å²) < 4.78 is 5.24. The molecule has 0 heterocycles. The Hall–Kier alpha value is -1.32. The van der Waals surface area contributed by atoms with Crippen LogP contribution in [-0.2, 0) is 14.3 Å². The SMILES string of the molecule is C=C(C)CCOC(=O)C1CCC(C(=O)N(C)C)CC1. The normalized spacial score (nSPS) is 22.7. The molecule has 1 aliphatic carbocycles. The van der Waals surface area contributed by atoms with Crippen LogP contribution in [0.25, 0.3) is 0 Å². The van der Waals surface area contributed by atoms with Crippen LogP contribution in [0, 0.1) is 11.8 Å². The van der Waals surface area contributed by atoms with Gasteiger partial charge in [-0.1, -0.05) is 5.57 Å². The third-order valence-electron chi connectivity index (χ3n) is 3.62. The van der Waals surface area contributed by atoms with Crippen LogP contribution in [0.2, 0.25) is 0 Å². The third-order valence-corrected chi connectivity index (χ3v) is 3.62. The summed E-state index contributed by atoms with van der Waals surface area (Å²) in [6, 6.07) is 0. The summed E-state index contributed by atoms with van der Waals surface area (Å²) >= 11 is 0. The molecule has 1 aliphatic rings. The molecule has 0 N–H and O–H groups in total. The molecule has 0 spiro atoms. The second kappa shape index (κ2) is 7.31. The van der Waals surface area contributed by atoms with Gasteiger partial charge >= 0.3 is 5.97 Å². The molecular formula is C15H25NO3. The maximum absolute atomic E-state index is 11.8. The Morgan fingerprint density at radius 1 is 1.16 bits per heavy atom. The number of hydrogen-bond donors (Lipinski definition) is 0. The molecular weight excluding hydrogens is 242 g/mol. The molecule has 1 rings (SSSR count). The van der Waals surface area contributed by atoms with Gasteiger partial charge in [-0.15, -0.1) is 6.58 Å². The summed E-state index contributed by atoms with van der Waals surface area (Å²) in [5, 5.41) is 0. The molecule has 0 aromatic heterocycles. The second-order valence-corrected chi connectivity index (χ2v) is 5.66. The van der Waals surface area contributed by atoms with E-state index >= 15 is 0 Å². The van der Waals surface area contributed by atoms with Crippen molar-refractivity contribution in [1.82, 2.24) is 4.90 Å². The van der Waals surface area contributed by atoms with Crippen molar-refractivity contribution < 1.29 is 14.3 Å². The Balaban J connectivity index is 2.31. The number of amides is 1. The molecule has 0 aromatic carbocycles. The lowest BCUT2D eigenvalue weighted by Crippen LogP contribution is -2.34. The average molecular weight is 267 g/mol. The van der Waals surface area contributed by atoms with E-state index in [1.807, 2.05) is 6.92 Å². The highest BCUT2D eigenvalue weighted by molar-refractivity contribution is 5.79. The van der Waals surface area contributed by atoms with Crippen LogP contribution in [0.4, 0.5) is 0 Å². The van der Waals surface area contributed by atoms with Crippen LogP contribution >= 0.6 is 0 Å². The first-order valence-electron chi connectivity index (χ1n) is 6.94. The van der Waals surface area contributed by atoms with Crippen molar-refractivity contribution in [2.45, 2.75) is 39.0 Å². The lowest BCUT2D eigenvalue weighted by molar-refractivity contribution is -0.151. The van der Waals surface area contributed by atoms with Crippen molar-refractivity contribution in [1.29, 1.82) is 0 Å². The van der Waals surface area contributed by atoms with Gasteiger partial charge in [0.1, 0.15) is 0 Å². The van der Waals surface area contributed by atoms with E-state index in [1.54, 1.807) is 19.0 Å². The highest BCUT2D eigenvalue weighted by Crippen LogP contribution is 2.30. The van der Waals surface area contributed by atoms with Crippen LogP contribution in [0.5, 0.6) is 0 Å². The van der Waals surface area contributed by atoms with E-state index in [0.29, 0.717) is 6.61 Å². The first-order valence-corrected chi connectivity index (χ1v) is 6.94. The van der Waals surface area contributed by atoms with Crippen molar-refractivity contribution in [2.75, 3.05) is 20.7 Å². The van der Waals surface area contributed by atoms with Crippen LogP contribution in [-0.4, -0.2) is 37.5 Å². The number of esters is 1. The van der Waals surface area contributed by atoms with Crippen molar-refractivity contribution in [3.63, 3.8) is 0 Å². The summed E-state index contributed by atoms with van der Waals surface area (Å²) in [4.78, 5) is 25.3. The fourth-order valence-corrected chi connectivity index (χ4v) is 2.38. The maximum Gasteiger partial charge on any atom is 0.308 e. The third kappa shape index (κ3) is 5.05. The molecule has 1 amide bonds. The fourth-order valence-electron chi connectivity index (χ4n) is 2.38. The van der Waals surface area contributed by atoms with Crippen molar-refractivity contribution in [3.8, 4) is 0 Å². The Bertz CT molecular complexity index is 341. The van der Waals surface area contributed by atoms with Gasteiger partial charge in [-0.25, -0.2) is 0 Å². The van der Waals surface area contributed by atoms with Gasteiger partial charge in [0.15, 0.2) is 0 Å². The summed E-state index contributed by atoms with van der Waals surface area (Å²) in [6.07, 6.45) is 3.82. The van der Waals surface area contributed by atoms with Gasteiger partial charge in [-0.3, -0.25) is 9.59 Å². The lowest BCUT2D eigenvalue weighted by atomic mass is 9.81. The van der Waals surface area contributed by atoms with Gasteiger partial charge in [0, 0.05) is 26.4 Å². The molecule has 0 bridgehead atoms. The zero-order valence-electron chi connectivity index (χ0n) is 12.3. The molecule has 108 valence electrons. The molecule has 0 saturated heterocycles. The highest BCUT2D eigenvalue weighted by atomic mass is 16.5. The standard InChI is InChI=1S/C15H25NO3/c1-11(2)9-10-19-15(18)13-7-5-12(6-8-13)14(17)16(3)4/h12-13H,1,5-10H2,2-4H3. The van der Waals surface area contributed by atoms with E-state index in [2.05, 4.69) is 6.58 Å². The van der Waals surface area contributed by atoms with E-state index < -0.39 is 0 Å². The Kier molecular flexibility index (Phi) is 6.06. The lowest BCUT2D eigenvalue weighted by Gasteiger charge is -2.28. The summed E-state index contributed by atoms with van der Waals surface area (Å²) in [7, 11) is 3.56. The smallest absolute Gasteiger partial charge is 0.308 e. The van der Waals surface area contributed by atoms with Gasteiger partial charge in [-0.2, -0.15) is 0 Å². The molecule has 0 unspecified atom stereocenters. The quantitative estimate of drug-likeness (QED) is 0.567. The number of nitrogens with zero attached hydrogens (tertiary/aromatic N) is 1. The van der Waals surface area contributed by atoms with Gasteiger partial charge < -0.3 is 9.64 Å². The molecule has 4 heteroatoms. The van der Waals surface area contributed by atoms with E-state index in [0.717, 1.165) is 37.7 Å². The predicted molar refractivity (Wildman–Crippen MR) is 74.5 cm³/mol. The molecule has 0 atom stereocenters. The van der Waals surface area contributed by atoms with Gasteiger partial charge in [-0.05, 0) is 32.6 Å². The molecule has 0 aliphatic heterocycles. The van der Waals surface area contributed by atoms with Crippen LogP contribution in [0.1, 0.15) is 39.0 Å². The van der Waals surface area contributed by atoms with Crippen LogP contribution in [0.15, 0.2) is 12.2 Å². The van der Waals surface area contributed by atoms with Crippen LogP contribution in [0.3, 0.4) is 0 Å². The second-order valence-electron chi connectivity index (χ2n) is 5.66. The highest BCUT2D eigenvalue weighted by Gasteiger charge is 2.31. The molecule has 1 fully saturated rings. The maximum atomic E-state index is 11.8. The van der Waals surface area contributed by atoms with Gasteiger partial charge in [0.2, 0.25) is 5.91 Å². The Morgan fingerprint density at radius 2 is 1.68 bits per heavy atom. The Morgan fingerprint density at radius 3 is 2.16 bits per heavy atom. The largest absolute Gasteiger partial charge is 0.465 e. The van der Waals surface area contributed by atoms with E-state index in [4.69, 9.17) is 4.74 Å². The zero-order valence-corrected chi connectivity index (χ0v) is 12.3. The number of ether oxygens (including phenoxy) is 1. The van der Waals surface area contributed by atoms with E-state index in [9.17, 15) is 9.59 Å². The number of hydrogen-bond acceptors (Lipinski definition) is 3. The molecule has 1 saturated carbocycles. The van der Waals surface area contributed by atoms with Gasteiger partial charge in [0.05, 0.1) is 12.5 Å². The average Bonchev–Trinajstić information content (AvgIpc) is 2.37. The minimum atomic E-state index is -0.114. The van der Waals surface area contributed by atoms with Gasteiger partial charge in [0.25, 0.3) is 0 Å². The van der Waals surface area contributed by atoms with E-state index in [1.165, 1.54) is 0 Å². The number of carbonyl (C=O) groups is 2.